The molecule has 1 aliphatic carbocycles. The van der Waals surface area contributed by atoms with E-state index in [0.29, 0.717) is 12.0 Å². The van der Waals surface area contributed by atoms with Gasteiger partial charge in [0.05, 0.1) is 0 Å². The molecule has 0 aromatic heterocycles. The molecule has 1 saturated carbocycles. The smallest absolute Gasteiger partial charge is 0.220 e. The summed E-state index contributed by atoms with van der Waals surface area (Å²) < 4.78 is 0. The normalized spacial score (nSPS) is 29.0. The molecule has 0 unspecified atom stereocenters. The number of likely N-dealkylation sites (tertiary alicyclic amines) is 1. The van der Waals surface area contributed by atoms with Crippen molar-refractivity contribution in [2.45, 2.75) is 51.5 Å². The minimum Gasteiger partial charge on any atom is -0.369 e. The summed E-state index contributed by atoms with van der Waals surface area (Å²) >= 11 is 5.51. The molecule has 19 heavy (non-hydrogen) atoms. The molecule has 4 nitrogen and oxygen atoms in total. The molecule has 2 fully saturated rings. The van der Waals surface area contributed by atoms with Crippen molar-refractivity contribution < 1.29 is 4.79 Å². The van der Waals surface area contributed by atoms with Crippen molar-refractivity contribution in [1.82, 2.24) is 10.2 Å². The number of rotatable bonds is 2. The molecule has 0 aromatic rings. The molecule has 5 heteroatoms. The lowest BCUT2D eigenvalue weighted by Crippen LogP contribution is -2.50. The predicted molar refractivity (Wildman–Crippen MR) is 80.6 cm³/mol. The van der Waals surface area contributed by atoms with E-state index in [9.17, 15) is 4.79 Å². The third-order valence-corrected chi connectivity index (χ3v) is 4.98. The summed E-state index contributed by atoms with van der Waals surface area (Å²) in [5.41, 5.74) is 5.35. The SMILES string of the molecule is C[C@H]1CCCC[C@@H]1NC(=S)N1CCC(C(N)=O)CC1. The Labute approximate surface area is 121 Å². The summed E-state index contributed by atoms with van der Waals surface area (Å²) in [6.07, 6.45) is 6.82. The van der Waals surface area contributed by atoms with E-state index in [1.165, 1.54) is 25.7 Å². The van der Waals surface area contributed by atoms with Gasteiger partial charge in [0, 0.05) is 25.0 Å². The van der Waals surface area contributed by atoms with Crippen LogP contribution in [0, 0.1) is 11.8 Å². The molecule has 0 spiro atoms. The van der Waals surface area contributed by atoms with Gasteiger partial charge < -0.3 is 16.0 Å². The zero-order valence-corrected chi connectivity index (χ0v) is 12.5. The molecule has 0 bridgehead atoms. The molecule has 1 amide bonds. The Balaban J connectivity index is 1.79. The highest BCUT2D eigenvalue weighted by Crippen LogP contribution is 2.24. The van der Waals surface area contributed by atoms with Crippen molar-refractivity contribution in [3.8, 4) is 0 Å². The van der Waals surface area contributed by atoms with E-state index in [0.717, 1.165) is 31.0 Å². The molecule has 108 valence electrons. The first-order chi connectivity index (χ1) is 9.08. The summed E-state index contributed by atoms with van der Waals surface area (Å²) in [6.45, 7) is 4.00. The minimum absolute atomic E-state index is 0.0349. The Kier molecular flexibility index (Phi) is 5.02. The Morgan fingerprint density at radius 1 is 1.21 bits per heavy atom. The van der Waals surface area contributed by atoms with Crippen LogP contribution in [0.25, 0.3) is 0 Å². The summed E-state index contributed by atoms with van der Waals surface area (Å²) in [7, 11) is 0. The van der Waals surface area contributed by atoms with Crippen LogP contribution >= 0.6 is 12.2 Å². The van der Waals surface area contributed by atoms with Crippen molar-refractivity contribution in [3.05, 3.63) is 0 Å². The van der Waals surface area contributed by atoms with E-state index in [1.54, 1.807) is 0 Å². The van der Waals surface area contributed by atoms with Crippen LogP contribution in [0.2, 0.25) is 0 Å². The first-order valence-electron chi connectivity index (χ1n) is 7.42. The maximum absolute atomic E-state index is 11.1. The van der Waals surface area contributed by atoms with Crippen molar-refractivity contribution in [2.75, 3.05) is 13.1 Å². The Morgan fingerprint density at radius 3 is 2.42 bits per heavy atom. The van der Waals surface area contributed by atoms with Crippen LogP contribution in [-0.4, -0.2) is 35.1 Å². The van der Waals surface area contributed by atoms with E-state index < -0.39 is 0 Å². The highest BCUT2D eigenvalue weighted by Gasteiger charge is 2.27. The summed E-state index contributed by atoms with van der Waals surface area (Å²) in [4.78, 5) is 13.3. The molecule has 1 saturated heterocycles. The van der Waals surface area contributed by atoms with Crippen molar-refractivity contribution >= 4 is 23.2 Å². The lowest BCUT2D eigenvalue weighted by molar-refractivity contribution is -0.122. The molecule has 1 heterocycles. The first-order valence-corrected chi connectivity index (χ1v) is 7.83. The van der Waals surface area contributed by atoms with Crippen molar-refractivity contribution in [1.29, 1.82) is 0 Å². The van der Waals surface area contributed by atoms with Crippen LogP contribution in [0.1, 0.15) is 45.4 Å². The fourth-order valence-electron chi connectivity index (χ4n) is 3.15. The largest absolute Gasteiger partial charge is 0.369 e. The highest BCUT2D eigenvalue weighted by molar-refractivity contribution is 7.80. The number of nitrogens with zero attached hydrogens (tertiary/aromatic N) is 1. The minimum atomic E-state index is -0.167. The van der Waals surface area contributed by atoms with Gasteiger partial charge in [0.2, 0.25) is 5.91 Å². The molecular weight excluding hydrogens is 258 g/mol. The highest BCUT2D eigenvalue weighted by atomic mass is 32.1. The lowest BCUT2D eigenvalue weighted by Gasteiger charge is -2.37. The van der Waals surface area contributed by atoms with Crippen LogP contribution in [0.4, 0.5) is 0 Å². The molecule has 2 atom stereocenters. The Bertz CT molecular complexity index is 340. The molecule has 3 N–H and O–H groups in total. The summed E-state index contributed by atoms with van der Waals surface area (Å²) in [6, 6.07) is 0.523. The second-order valence-corrected chi connectivity index (χ2v) is 6.37. The van der Waals surface area contributed by atoms with Crippen molar-refractivity contribution in [3.63, 3.8) is 0 Å². The monoisotopic (exact) mass is 283 g/mol. The van der Waals surface area contributed by atoms with Crippen LogP contribution in [0.5, 0.6) is 0 Å². The fraction of sp³-hybridized carbons (Fsp3) is 0.857. The van der Waals surface area contributed by atoms with Gasteiger partial charge in [-0.15, -0.1) is 0 Å². The zero-order valence-electron chi connectivity index (χ0n) is 11.7. The van der Waals surface area contributed by atoms with Crippen LogP contribution in [-0.2, 0) is 4.79 Å². The third-order valence-electron chi connectivity index (χ3n) is 4.60. The van der Waals surface area contributed by atoms with E-state index in [1.807, 2.05) is 0 Å². The Hall–Kier alpha value is -0.840. The van der Waals surface area contributed by atoms with Crippen LogP contribution < -0.4 is 11.1 Å². The van der Waals surface area contributed by atoms with Gasteiger partial charge in [0.25, 0.3) is 0 Å². The Morgan fingerprint density at radius 2 is 1.84 bits per heavy atom. The third kappa shape index (κ3) is 3.81. The molecule has 2 rings (SSSR count). The van der Waals surface area contributed by atoms with Crippen LogP contribution in [0.3, 0.4) is 0 Å². The maximum atomic E-state index is 11.1. The van der Waals surface area contributed by atoms with Gasteiger partial charge in [-0.1, -0.05) is 19.8 Å². The second kappa shape index (κ2) is 6.55. The van der Waals surface area contributed by atoms with E-state index in [-0.39, 0.29) is 11.8 Å². The fourth-order valence-corrected chi connectivity index (χ4v) is 3.48. The van der Waals surface area contributed by atoms with Gasteiger partial charge in [-0.05, 0) is 43.8 Å². The number of thiocarbonyl (C=S) groups is 1. The second-order valence-electron chi connectivity index (χ2n) is 5.98. The average Bonchev–Trinajstić information content (AvgIpc) is 2.41. The van der Waals surface area contributed by atoms with Gasteiger partial charge in [-0.3, -0.25) is 4.79 Å². The number of hydrogen-bond acceptors (Lipinski definition) is 2. The quantitative estimate of drug-likeness (QED) is 0.756. The number of primary amides is 1. The van der Waals surface area contributed by atoms with Crippen molar-refractivity contribution in [2.24, 2.45) is 17.6 Å². The maximum Gasteiger partial charge on any atom is 0.220 e. The number of piperidine rings is 1. The number of amides is 1. The molecule has 2 aliphatic rings. The molecule has 0 aromatic carbocycles. The lowest BCUT2D eigenvalue weighted by atomic mass is 9.86. The first kappa shape index (κ1) is 14.6. The van der Waals surface area contributed by atoms with Gasteiger partial charge in [0.15, 0.2) is 5.11 Å². The standard InChI is InChI=1S/C14H25N3OS/c1-10-4-2-3-5-12(10)16-14(19)17-8-6-11(7-9-17)13(15)18/h10-12H,2-9H2,1H3,(H2,15,18)(H,16,19)/t10-,12-/m0/s1. The number of carbonyl (C=O) groups is 1. The topological polar surface area (TPSA) is 58.4 Å². The number of hydrogen-bond donors (Lipinski definition) is 2. The zero-order chi connectivity index (χ0) is 13.8. The molecule has 0 radical (unpaired) electrons. The van der Waals surface area contributed by atoms with E-state index in [4.69, 9.17) is 18.0 Å². The molecular formula is C14H25N3OS. The molecule has 1 aliphatic heterocycles. The summed E-state index contributed by atoms with van der Waals surface area (Å²) in [5.74, 6) is 0.571. The van der Waals surface area contributed by atoms with E-state index >= 15 is 0 Å². The number of carbonyl (C=O) groups excluding carboxylic acids is 1. The van der Waals surface area contributed by atoms with Gasteiger partial charge in [-0.25, -0.2) is 0 Å². The van der Waals surface area contributed by atoms with Gasteiger partial charge in [0.1, 0.15) is 0 Å². The van der Waals surface area contributed by atoms with E-state index in [2.05, 4.69) is 17.1 Å². The van der Waals surface area contributed by atoms with Gasteiger partial charge in [-0.2, -0.15) is 0 Å². The summed E-state index contributed by atoms with van der Waals surface area (Å²) in [5, 5.41) is 4.39. The average molecular weight is 283 g/mol. The predicted octanol–water partition coefficient (Wildman–Crippen LogP) is 1.64. The number of nitrogens with two attached hydrogens (primary N) is 1. The van der Waals surface area contributed by atoms with Gasteiger partial charge >= 0.3 is 0 Å². The van der Waals surface area contributed by atoms with Crippen LogP contribution in [0.15, 0.2) is 0 Å². The number of nitrogens with one attached hydrogen (secondary N) is 1.